The zero-order chi connectivity index (χ0) is 20.8. The minimum Gasteiger partial charge on any atom is -0.497 e. The topological polar surface area (TPSA) is 82.4 Å². The summed E-state index contributed by atoms with van der Waals surface area (Å²) in [6.07, 6.45) is 3.16. The van der Waals surface area contributed by atoms with Crippen LogP contribution < -0.4 is 10.1 Å². The third kappa shape index (κ3) is 4.94. The first-order valence-electron chi connectivity index (χ1n) is 8.50. The molecule has 3 rings (SSSR count). The Kier molecular flexibility index (Phi) is 6.50. The van der Waals surface area contributed by atoms with Crippen LogP contribution in [0, 0.1) is 5.82 Å². The maximum absolute atomic E-state index is 13.2. The highest BCUT2D eigenvalue weighted by Gasteiger charge is 2.20. The van der Waals surface area contributed by atoms with E-state index in [0.29, 0.717) is 22.3 Å². The number of carbonyl (C=O) groups excluding carboxylic acids is 2. The first kappa shape index (κ1) is 20.4. The van der Waals surface area contributed by atoms with E-state index >= 15 is 0 Å². The van der Waals surface area contributed by atoms with Gasteiger partial charge in [0.15, 0.2) is 17.5 Å². The van der Waals surface area contributed by atoms with Gasteiger partial charge in [-0.25, -0.2) is 14.2 Å². The van der Waals surface area contributed by atoms with E-state index in [9.17, 15) is 14.0 Å². The number of methoxy groups -OCH3 is 1. The minimum absolute atomic E-state index is 0.134. The number of ether oxygens (including phenoxy) is 2. The Balaban J connectivity index is 1.70. The van der Waals surface area contributed by atoms with E-state index < -0.39 is 24.3 Å². The maximum atomic E-state index is 13.2. The number of rotatable bonds is 7. The number of benzene rings is 2. The van der Waals surface area contributed by atoms with Crippen molar-refractivity contribution in [1.82, 2.24) is 9.55 Å². The molecule has 2 aromatic carbocycles. The molecule has 0 aliphatic heterocycles. The van der Waals surface area contributed by atoms with Crippen LogP contribution in [0.3, 0.4) is 0 Å². The van der Waals surface area contributed by atoms with Gasteiger partial charge >= 0.3 is 5.97 Å². The Hall–Kier alpha value is -3.33. The van der Waals surface area contributed by atoms with E-state index in [0.717, 1.165) is 0 Å². The number of nitrogens with zero attached hydrogens (tertiary/aromatic N) is 2. The molecule has 0 atom stereocenters. The van der Waals surface area contributed by atoms with E-state index in [1.165, 1.54) is 49.3 Å². The monoisotopic (exact) mass is 415 g/mol. The lowest BCUT2D eigenvalue weighted by Gasteiger charge is -2.11. The standard InChI is InChI=1S/C20H18FN3O4S/c1-27-16-5-3-4-14(10-16)23-18(25)12-28-19(26)17-11-22-20(29-2)24(17)15-8-6-13(21)7-9-15/h3-11H,12H2,1-2H3,(H,23,25). The van der Waals surface area contributed by atoms with Crippen LogP contribution >= 0.6 is 11.8 Å². The summed E-state index contributed by atoms with van der Waals surface area (Å²) >= 11 is 1.32. The quantitative estimate of drug-likeness (QED) is 0.470. The smallest absolute Gasteiger partial charge is 0.357 e. The fourth-order valence-corrected chi connectivity index (χ4v) is 3.11. The molecule has 1 amide bonds. The van der Waals surface area contributed by atoms with Gasteiger partial charge in [0.1, 0.15) is 11.6 Å². The number of amides is 1. The van der Waals surface area contributed by atoms with Crippen LogP contribution in [-0.4, -0.2) is 41.4 Å². The van der Waals surface area contributed by atoms with E-state index in [2.05, 4.69) is 10.3 Å². The predicted molar refractivity (Wildman–Crippen MR) is 107 cm³/mol. The van der Waals surface area contributed by atoms with E-state index in [1.807, 2.05) is 0 Å². The van der Waals surface area contributed by atoms with Gasteiger partial charge in [0.05, 0.1) is 13.3 Å². The zero-order valence-corrected chi connectivity index (χ0v) is 16.5. The Morgan fingerprint density at radius 3 is 2.66 bits per heavy atom. The van der Waals surface area contributed by atoms with Crippen LogP contribution in [0.1, 0.15) is 10.5 Å². The molecule has 9 heteroatoms. The van der Waals surface area contributed by atoms with Crippen molar-refractivity contribution in [2.75, 3.05) is 25.3 Å². The summed E-state index contributed by atoms with van der Waals surface area (Å²) in [4.78, 5) is 28.8. The fourth-order valence-electron chi connectivity index (χ4n) is 2.57. The number of halogens is 1. The summed E-state index contributed by atoms with van der Waals surface area (Å²) < 4.78 is 25.0. The van der Waals surface area contributed by atoms with Crippen molar-refractivity contribution in [3.63, 3.8) is 0 Å². The van der Waals surface area contributed by atoms with Crippen LogP contribution in [0.25, 0.3) is 5.69 Å². The number of aromatic nitrogens is 2. The lowest BCUT2D eigenvalue weighted by atomic mass is 10.3. The summed E-state index contributed by atoms with van der Waals surface area (Å²) in [6, 6.07) is 12.4. The molecule has 29 heavy (non-hydrogen) atoms. The highest BCUT2D eigenvalue weighted by molar-refractivity contribution is 7.98. The fraction of sp³-hybridized carbons (Fsp3) is 0.150. The molecule has 0 saturated heterocycles. The van der Waals surface area contributed by atoms with Crippen molar-refractivity contribution in [3.05, 3.63) is 66.2 Å². The molecule has 0 unspecified atom stereocenters. The van der Waals surface area contributed by atoms with Crippen LogP contribution in [0.2, 0.25) is 0 Å². The van der Waals surface area contributed by atoms with Crippen LogP contribution in [-0.2, 0) is 9.53 Å². The second kappa shape index (κ2) is 9.24. The molecular formula is C20H18FN3O4S. The Labute approximate surface area is 170 Å². The lowest BCUT2D eigenvalue weighted by Crippen LogP contribution is -2.22. The summed E-state index contributed by atoms with van der Waals surface area (Å²) in [7, 11) is 1.52. The number of carbonyl (C=O) groups is 2. The van der Waals surface area contributed by atoms with E-state index in [4.69, 9.17) is 9.47 Å². The average molecular weight is 415 g/mol. The summed E-state index contributed by atoms with van der Waals surface area (Å²) in [6.45, 7) is -0.473. The third-order valence-corrected chi connectivity index (χ3v) is 4.55. The lowest BCUT2D eigenvalue weighted by molar-refractivity contribution is -0.119. The van der Waals surface area contributed by atoms with Crippen LogP contribution in [0.4, 0.5) is 10.1 Å². The SMILES string of the molecule is COc1cccc(NC(=O)COC(=O)c2cnc(SC)n2-c2ccc(F)cc2)c1. The number of imidazole rings is 1. The minimum atomic E-state index is -0.720. The van der Waals surface area contributed by atoms with E-state index in [-0.39, 0.29) is 5.69 Å². The molecular weight excluding hydrogens is 397 g/mol. The van der Waals surface area contributed by atoms with Crippen molar-refractivity contribution in [3.8, 4) is 11.4 Å². The molecule has 1 N–H and O–H groups in total. The van der Waals surface area contributed by atoms with Crippen molar-refractivity contribution >= 4 is 29.3 Å². The normalized spacial score (nSPS) is 10.4. The number of hydrogen-bond donors (Lipinski definition) is 1. The highest BCUT2D eigenvalue weighted by atomic mass is 32.2. The van der Waals surface area contributed by atoms with Gasteiger partial charge in [-0.05, 0) is 42.7 Å². The second-order valence-electron chi connectivity index (χ2n) is 5.80. The van der Waals surface area contributed by atoms with Crippen molar-refractivity contribution in [1.29, 1.82) is 0 Å². The van der Waals surface area contributed by atoms with Crippen molar-refractivity contribution < 1.29 is 23.5 Å². The molecule has 0 aliphatic rings. The molecule has 0 spiro atoms. The molecule has 1 heterocycles. The molecule has 7 nitrogen and oxygen atoms in total. The first-order valence-corrected chi connectivity index (χ1v) is 9.73. The summed E-state index contributed by atoms with van der Waals surface area (Å²) in [5, 5.41) is 3.16. The highest BCUT2D eigenvalue weighted by Crippen LogP contribution is 2.22. The van der Waals surface area contributed by atoms with Gasteiger partial charge in [-0.3, -0.25) is 9.36 Å². The number of anilines is 1. The summed E-state index contributed by atoms with van der Waals surface area (Å²) in [5.74, 6) is -1.02. The molecule has 0 fully saturated rings. The number of thioether (sulfide) groups is 1. The second-order valence-corrected chi connectivity index (χ2v) is 6.57. The van der Waals surface area contributed by atoms with Crippen LogP contribution in [0.15, 0.2) is 59.9 Å². The Bertz CT molecular complexity index is 1020. The van der Waals surface area contributed by atoms with Gasteiger partial charge in [-0.15, -0.1) is 0 Å². The van der Waals surface area contributed by atoms with Gasteiger partial charge in [0.2, 0.25) is 0 Å². The maximum Gasteiger partial charge on any atom is 0.357 e. The molecule has 3 aromatic rings. The Morgan fingerprint density at radius 1 is 1.21 bits per heavy atom. The first-order chi connectivity index (χ1) is 14.0. The van der Waals surface area contributed by atoms with E-state index in [1.54, 1.807) is 35.1 Å². The Morgan fingerprint density at radius 2 is 1.97 bits per heavy atom. The molecule has 0 aliphatic carbocycles. The van der Waals surface area contributed by atoms with Gasteiger partial charge in [0, 0.05) is 17.4 Å². The van der Waals surface area contributed by atoms with Gasteiger partial charge in [-0.2, -0.15) is 0 Å². The summed E-state index contributed by atoms with van der Waals surface area (Å²) in [5.41, 5.74) is 1.21. The third-order valence-electron chi connectivity index (χ3n) is 3.89. The molecule has 0 saturated carbocycles. The van der Waals surface area contributed by atoms with Crippen LogP contribution in [0.5, 0.6) is 5.75 Å². The number of hydrogen-bond acceptors (Lipinski definition) is 6. The molecule has 0 radical (unpaired) electrons. The number of esters is 1. The molecule has 1 aromatic heterocycles. The van der Waals surface area contributed by atoms with Gasteiger partial charge < -0.3 is 14.8 Å². The average Bonchev–Trinajstić information content (AvgIpc) is 3.17. The van der Waals surface area contributed by atoms with Crippen molar-refractivity contribution in [2.24, 2.45) is 0 Å². The predicted octanol–water partition coefficient (Wildman–Crippen LogP) is 3.54. The van der Waals surface area contributed by atoms with Gasteiger partial charge in [-0.1, -0.05) is 17.8 Å². The van der Waals surface area contributed by atoms with Gasteiger partial charge in [0.25, 0.3) is 5.91 Å². The van der Waals surface area contributed by atoms with Crippen molar-refractivity contribution in [2.45, 2.75) is 5.16 Å². The molecule has 0 bridgehead atoms. The molecule has 150 valence electrons. The number of nitrogens with one attached hydrogen (secondary N) is 1. The zero-order valence-electron chi connectivity index (χ0n) is 15.7. The largest absolute Gasteiger partial charge is 0.497 e.